The van der Waals surface area contributed by atoms with E-state index >= 15 is 0 Å². The molecule has 0 fully saturated rings. The fourth-order valence-corrected chi connectivity index (χ4v) is 10.2. The second-order valence-corrected chi connectivity index (χ2v) is 24.5. The van der Waals surface area contributed by atoms with Crippen LogP contribution in [0, 0.1) is 35.5 Å². The molecule has 0 aliphatic heterocycles. The van der Waals surface area contributed by atoms with Gasteiger partial charge < -0.3 is 39.0 Å². The Morgan fingerprint density at radius 2 is 0.761 bits per heavy atom. The van der Waals surface area contributed by atoms with E-state index in [0.29, 0.717) is 39.5 Å². The fraction of sp³-hybridized carbons (Fsp3) is 1.00. The van der Waals surface area contributed by atoms with Crippen LogP contribution in [0.4, 0.5) is 0 Å². The molecule has 0 aliphatic rings. The topological polar surface area (TPSA) is 164 Å². The molecule has 0 aliphatic carbocycles. The first-order valence-electron chi connectivity index (χ1n) is 28.6. The van der Waals surface area contributed by atoms with Crippen molar-refractivity contribution in [2.75, 3.05) is 101 Å². The molecule has 16 heteroatoms. The predicted octanol–water partition coefficient (Wildman–Crippen LogP) is 14.3. The third-order valence-electron chi connectivity index (χ3n) is 13.6. The van der Waals surface area contributed by atoms with Crippen LogP contribution in [0.2, 0.25) is 0 Å². The van der Waals surface area contributed by atoms with Gasteiger partial charge in [-0.1, -0.05) is 197 Å². The third kappa shape index (κ3) is 51.8. The molecular formula is C55H118N2O12P2. The maximum Gasteiger partial charge on any atom is 0.472 e. The van der Waals surface area contributed by atoms with Gasteiger partial charge in [-0.2, -0.15) is 0 Å². The van der Waals surface area contributed by atoms with Gasteiger partial charge in [-0.05, 0) is 69.5 Å². The average Bonchev–Trinajstić information content (AvgIpc) is 3.30. The lowest BCUT2D eigenvalue weighted by atomic mass is 9.91. The van der Waals surface area contributed by atoms with Gasteiger partial charge in [0.2, 0.25) is 0 Å². The highest BCUT2D eigenvalue weighted by molar-refractivity contribution is 7.47. The Labute approximate surface area is 438 Å². The molecule has 10 atom stereocenters. The second-order valence-electron chi connectivity index (χ2n) is 21.6. The highest BCUT2D eigenvalue weighted by atomic mass is 31.2. The van der Waals surface area contributed by atoms with Crippen molar-refractivity contribution < 1.29 is 56.0 Å². The van der Waals surface area contributed by atoms with Crippen LogP contribution in [0.15, 0.2) is 0 Å². The number of methoxy groups -OCH3 is 2. The molecule has 0 amide bonds. The molecule has 0 aromatic heterocycles. The molecule has 430 valence electrons. The van der Waals surface area contributed by atoms with E-state index in [0.717, 1.165) is 61.2 Å². The number of phosphoric ester groups is 2. The second kappa shape index (κ2) is 49.5. The van der Waals surface area contributed by atoms with Gasteiger partial charge >= 0.3 is 15.6 Å². The van der Waals surface area contributed by atoms with E-state index in [2.05, 4.69) is 60.7 Å². The van der Waals surface area contributed by atoms with Crippen LogP contribution in [0.25, 0.3) is 0 Å². The number of phosphoric acid groups is 2. The van der Waals surface area contributed by atoms with Gasteiger partial charge in [0.05, 0.1) is 39.6 Å². The van der Waals surface area contributed by atoms with Gasteiger partial charge in [-0.3, -0.25) is 18.1 Å². The van der Waals surface area contributed by atoms with Crippen molar-refractivity contribution in [2.45, 2.75) is 222 Å². The monoisotopic (exact) mass is 1060 g/mol. The smallest absolute Gasteiger partial charge is 0.379 e. The summed E-state index contributed by atoms with van der Waals surface area (Å²) in [6.45, 7) is 22.2. The third-order valence-corrected chi connectivity index (χ3v) is 15.6. The van der Waals surface area contributed by atoms with Gasteiger partial charge in [0.1, 0.15) is 12.2 Å². The molecule has 0 rings (SSSR count). The van der Waals surface area contributed by atoms with Gasteiger partial charge in [-0.15, -0.1) is 0 Å². The van der Waals surface area contributed by atoms with E-state index in [1.54, 1.807) is 14.2 Å². The van der Waals surface area contributed by atoms with Crippen molar-refractivity contribution in [3.8, 4) is 0 Å². The molecule has 71 heavy (non-hydrogen) atoms. The van der Waals surface area contributed by atoms with Crippen LogP contribution >= 0.6 is 15.6 Å². The summed E-state index contributed by atoms with van der Waals surface area (Å²) in [6.07, 6.45) is 30.5. The van der Waals surface area contributed by atoms with E-state index < -0.39 is 27.9 Å². The quantitative estimate of drug-likeness (QED) is 0.0389. The summed E-state index contributed by atoms with van der Waals surface area (Å²) in [7, 11) is 0.436. The molecule has 14 nitrogen and oxygen atoms in total. The van der Waals surface area contributed by atoms with Gasteiger partial charge in [-0.25, -0.2) is 9.13 Å². The van der Waals surface area contributed by atoms with Crippen LogP contribution < -0.4 is 5.32 Å². The minimum atomic E-state index is -4.07. The number of hydrogen-bond acceptors (Lipinski definition) is 12. The molecule has 0 radical (unpaired) electrons. The Kier molecular flexibility index (Phi) is 51.0. The van der Waals surface area contributed by atoms with Gasteiger partial charge in [0, 0.05) is 40.5 Å². The van der Waals surface area contributed by atoms with Crippen LogP contribution in [0.3, 0.4) is 0 Å². The van der Waals surface area contributed by atoms with Gasteiger partial charge in [0.25, 0.3) is 0 Å². The van der Waals surface area contributed by atoms with E-state index in [1.165, 1.54) is 136 Å². The van der Waals surface area contributed by atoms with Crippen molar-refractivity contribution in [2.24, 2.45) is 35.5 Å². The Bertz CT molecular complexity index is 1230. The Hall–Kier alpha value is -0.0200. The molecular weight excluding hydrogens is 943 g/mol. The highest BCUT2D eigenvalue weighted by Crippen LogP contribution is 2.44. The van der Waals surface area contributed by atoms with Crippen molar-refractivity contribution >= 4 is 15.6 Å². The van der Waals surface area contributed by atoms with Crippen LogP contribution in [0.1, 0.15) is 209 Å². The van der Waals surface area contributed by atoms with Crippen LogP contribution in [-0.2, 0) is 46.2 Å². The lowest BCUT2D eigenvalue weighted by Gasteiger charge is -2.19. The van der Waals surface area contributed by atoms with E-state index in [9.17, 15) is 18.9 Å². The van der Waals surface area contributed by atoms with E-state index in [4.69, 9.17) is 37.0 Å². The first-order chi connectivity index (χ1) is 33.8. The minimum absolute atomic E-state index is 0.0413. The summed E-state index contributed by atoms with van der Waals surface area (Å²) >= 11 is 0. The summed E-state index contributed by atoms with van der Waals surface area (Å²) in [4.78, 5) is 21.2. The summed E-state index contributed by atoms with van der Waals surface area (Å²) in [5.41, 5.74) is 0. The zero-order chi connectivity index (χ0) is 53.6. The number of nitrogens with one attached hydrogen (secondary N) is 1. The van der Waals surface area contributed by atoms with Crippen molar-refractivity contribution in [3.63, 3.8) is 0 Å². The van der Waals surface area contributed by atoms with Crippen LogP contribution in [-0.4, -0.2) is 128 Å². The molecule has 0 aromatic rings. The summed E-state index contributed by atoms with van der Waals surface area (Å²) in [6, 6.07) is 0. The fourth-order valence-electron chi connectivity index (χ4n) is 8.69. The zero-order valence-corrected chi connectivity index (χ0v) is 50.3. The number of rotatable bonds is 52. The Morgan fingerprint density at radius 1 is 0.437 bits per heavy atom. The number of unbranched alkanes of at least 4 members (excludes halogenated alkanes) is 4. The number of hydrogen-bond donors (Lipinski definition) is 3. The standard InChI is InChI=1S/C28H60NO6P.C27H58NO6P/c1-8-14-25(2)16-12-18-27(4)19-13-17-26(3)15-10-9-11-21-33-23-28(32-7)24-35-36(30,31)34-22-20-29(5)6;1-7-13-24(2)15-11-17-26(4)18-12-16-25(3)14-9-8-10-20-32-22-27(31-6)23-34-35(29,30)33-21-19-28-5/h25-28H,8-24H2,1-7H3,(H,30,31);24-28H,7-23H2,1-6H3,(H,29,30). The molecule has 0 saturated carbocycles. The summed E-state index contributed by atoms with van der Waals surface area (Å²) < 4.78 is 65.5. The molecule has 0 heterocycles. The normalized spacial score (nSPS) is 17.1. The Balaban J connectivity index is 0. The van der Waals surface area contributed by atoms with Crippen LogP contribution in [0.5, 0.6) is 0 Å². The number of nitrogens with zero attached hydrogens (tertiary/aromatic N) is 1. The SMILES string of the molecule is CCCC(C)CCCC(C)CCCC(C)CCCCCOCC(COP(=O)(O)OCCN(C)C)OC.CCCC(C)CCCC(C)CCCC(C)CCCCCOCC(COP(=O)(O)OCCNC)OC. The minimum Gasteiger partial charge on any atom is -0.379 e. The highest BCUT2D eigenvalue weighted by Gasteiger charge is 2.24. The van der Waals surface area contributed by atoms with Crippen molar-refractivity contribution in [1.29, 1.82) is 0 Å². The van der Waals surface area contributed by atoms with Crippen molar-refractivity contribution in [3.05, 3.63) is 0 Å². The zero-order valence-electron chi connectivity index (χ0n) is 48.5. The summed E-state index contributed by atoms with van der Waals surface area (Å²) in [5.74, 6) is 5.12. The number of likely N-dealkylation sites (N-methyl/N-ethyl adjacent to an activating group) is 2. The molecule has 10 unspecified atom stereocenters. The maximum atomic E-state index is 11.9. The molecule has 3 N–H and O–H groups in total. The lowest BCUT2D eigenvalue weighted by molar-refractivity contribution is -0.0223. The van der Waals surface area contributed by atoms with Gasteiger partial charge in [0.15, 0.2) is 0 Å². The maximum absolute atomic E-state index is 11.9. The van der Waals surface area contributed by atoms with E-state index in [-0.39, 0.29) is 26.4 Å². The largest absolute Gasteiger partial charge is 0.472 e. The predicted molar refractivity (Wildman–Crippen MR) is 296 cm³/mol. The molecule has 0 aromatic carbocycles. The lowest BCUT2D eigenvalue weighted by Crippen LogP contribution is -2.24. The Morgan fingerprint density at radius 3 is 1.07 bits per heavy atom. The first-order valence-corrected chi connectivity index (χ1v) is 31.6. The number of ether oxygens (including phenoxy) is 4. The molecule has 0 bridgehead atoms. The molecule has 0 saturated heterocycles. The average molecular weight is 1060 g/mol. The van der Waals surface area contributed by atoms with Crippen molar-refractivity contribution in [1.82, 2.24) is 10.2 Å². The summed E-state index contributed by atoms with van der Waals surface area (Å²) in [5, 5.41) is 2.84. The first kappa shape index (κ1) is 73.1. The molecule has 0 spiro atoms. The van der Waals surface area contributed by atoms with E-state index in [1.807, 2.05) is 19.0 Å².